The molecule has 0 fully saturated rings. The minimum atomic E-state index is 0.134. The summed E-state index contributed by atoms with van der Waals surface area (Å²) in [5.41, 5.74) is 3.24. The molecular weight excluding hydrogens is 252 g/mol. The molecule has 19 heavy (non-hydrogen) atoms. The third-order valence-corrected chi connectivity index (χ3v) is 4.35. The molecule has 2 aromatic carbocycles. The smallest absolute Gasteiger partial charge is 0.160 e. The molecule has 0 saturated carbocycles. The van der Waals surface area contributed by atoms with Gasteiger partial charge in [0.05, 0.1) is 0 Å². The number of carbonyl (C=O) groups is 1. The molecule has 3 aromatic rings. The van der Waals surface area contributed by atoms with Crippen molar-refractivity contribution in [1.29, 1.82) is 0 Å². The molecule has 0 aliphatic heterocycles. The molecule has 94 valence electrons. The SMILES string of the molecule is CC(=O)c1ccccc1Cc1csc2ccccc12. The van der Waals surface area contributed by atoms with Crippen LogP contribution in [0.3, 0.4) is 0 Å². The van der Waals surface area contributed by atoms with Gasteiger partial charge in [0.15, 0.2) is 5.78 Å². The van der Waals surface area contributed by atoms with E-state index in [1.807, 2.05) is 24.3 Å². The minimum absolute atomic E-state index is 0.134. The van der Waals surface area contributed by atoms with Crippen LogP contribution in [0.4, 0.5) is 0 Å². The third-order valence-electron chi connectivity index (χ3n) is 3.34. The highest BCUT2D eigenvalue weighted by Gasteiger charge is 2.09. The molecule has 0 spiro atoms. The van der Waals surface area contributed by atoms with Gasteiger partial charge in [-0.15, -0.1) is 11.3 Å². The zero-order valence-electron chi connectivity index (χ0n) is 10.7. The minimum Gasteiger partial charge on any atom is -0.295 e. The summed E-state index contributed by atoms with van der Waals surface area (Å²) in [4.78, 5) is 11.7. The molecule has 0 bridgehead atoms. The van der Waals surface area contributed by atoms with Crippen LogP contribution in [-0.2, 0) is 6.42 Å². The maximum atomic E-state index is 11.7. The van der Waals surface area contributed by atoms with Gasteiger partial charge in [0.2, 0.25) is 0 Å². The molecule has 0 aliphatic carbocycles. The van der Waals surface area contributed by atoms with E-state index in [0.29, 0.717) is 0 Å². The van der Waals surface area contributed by atoms with Crippen LogP contribution in [0, 0.1) is 0 Å². The van der Waals surface area contributed by atoms with Gasteiger partial charge in [-0.05, 0) is 41.3 Å². The predicted octanol–water partition coefficient (Wildman–Crippen LogP) is 4.69. The molecular formula is C17H14OS. The van der Waals surface area contributed by atoms with E-state index in [1.165, 1.54) is 15.6 Å². The number of rotatable bonds is 3. The van der Waals surface area contributed by atoms with Crippen molar-refractivity contribution in [1.82, 2.24) is 0 Å². The Morgan fingerprint density at radius 1 is 1.00 bits per heavy atom. The van der Waals surface area contributed by atoms with Crippen LogP contribution in [0.2, 0.25) is 0 Å². The van der Waals surface area contributed by atoms with E-state index >= 15 is 0 Å². The molecule has 3 rings (SSSR count). The zero-order valence-corrected chi connectivity index (χ0v) is 11.5. The first-order chi connectivity index (χ1) is 9.25. The summed E-state index contributed by atoms with van der Waals surface area (Å²) in [6.45, 7) is 1.63. The van der Waals surface area contributed by atoms with Gasteiger partial charge in [0.25, 0.3) is 0 Å². The van der Waals surface area contributed by atoms with E-state index in [1.54, 1.807) is 18.3 Å². The average molecular weight is 266 g/mol. The second-order valence-corrected chi connectivity index (χ2v) is 5.56. The van der Waals surface area contributed by atoms with Crippen LogP contribution >= 0.6 is 11.3 Å². The summed E-state index contributed by atoms with van der Waals surface area (Å²) in [6.07, 6.45) is 0.819. The fraction of sp³-hybridized carbons (Fsp3) is 0.118. The number of carbonyl (C=O) groups excluding carboxylic acids is 1. The Bertz CT molecular complexity index is 740. The Morgan fingerprint density at radius 3 is 2.58 bits per heavy atom. The Kier molecular flexibility index (Phi) is 3.18. The van der Waals surface area contributed by atoms with Crippen LogP contribution in [0.25, 0.3) is 10.1 Å². The normalized spacial score (nSPS) is 10.8. The van der Waals surface area contributed by atoms with Crippen molar-refractivity contribution < 1.29 is 4.79 Å². The molecule has 1 heterocycles. The van der Waals surface area contributed by atoms with Gasteiger partial charge in [-0.3, -0.25) is 4.79 Å². The summed E-state index contributed by atoms with van der Waals surface area (Å²) in [7, 11) is 0. The molecule has 0 radical (unpaired) electrons. The second kappa shape index (κ2) is 4.98. The molecule has 1 nitrogen and oxygen atoms in total. The van der Waals surface area contributed by atoms with Gasteiger partial charge in [-0.2, -0.15) is 0 Å². The van der Waals surface area contributed by atoms with Crippen LogP contribution in [0.1, 0.15) is 28.4 Å². The van der Waals surface area contributed by atoms with Crippen molar-refractivity contribution in [2.45, 2.75) is 13.3 Å². The lowest BCUT2D eigenvalue weighted by molar-refractivity contribution is 0.101. The molecule has 0 saturated heterocycles. The van der Waals surface area contributed by atoms with Crippen molar-refractivity contribution in [3.8, 4) is 0 Å². The Hall–Kier alpha value is -1.93. The summed E-state index contributed by atoms with van der Waals surface area (Å²) in [5, 5.41) is 3.49. The number of hydrogen-bond acceptors (Lipinski definition) is 2. The first-order valence-electron chi connectivity index (χ1n) is 6.29. The van der Waals surface area contributed by atoms with E-state index in [4.69, 9.17) is 0 Å². The highest BCUT2D eigenvalue weighted by Crippen LogP contribution is 2.28. The molecule has 0 unspecified atom stereocenters. The lowest BCUT2D eigenvalue weighted by atomic mass is 9.97. The van der Waals surface area contributed by atoms with Gasteiger partial charge in [-0.25, -0.2) is 0 Å². The fourth-order valence-corrected chi connectivity index (χ4v) is 3.36. The number of ketones is 1. The molecule has 0 amide bonds. The molecule has 0 atom stereocenters. The van der Waals surface area contributed by atoms with Crippen molar-refractivity contribution in [3.05, 3.63) is 70.6 Å². The van der Waals surface area contributed by atoms with E-state index < -0.39 is 0 Å². The number of benzene rings is 2. The number of thiophene rings is 1. The zero-order chi connectivity index (χ0) is 13.2. The summed E-state index contributed by atoms with van der Waals surface area (Å²) < 4.78 is 1.30. The van der Waals surface area contributed by atoms with E-state index in [9.17, 15) is 4.79 Å². The van der Waals surface area contributed by atoms with Crippen LogP contribution in [-0.4, -0.2) is 5.78 Å². The van der Waals surface area contributed by atoms with Crippen molar-refractivity contribution in [2.75, 3.05) is 0 Å². The van der Waals surface area contributed by atoms with Crippen LogP contribution in [0.5, 0.6) is 0 Å². The van der Waals surface area contributed by atoms with Gasteiger partial charge >= 0.3 is 0 Å². The quantitative estimate of drug-likeness (QED) is 0.628. The maximum absolute atomic E-state index is 11.7. The molecule has 0 N–H and O–H groups in total. The van der Waals surface area contributed by atoms with Crippen LogP contribution in [0.15, 0.2) is 53.9 Å². The summed E-state index contributed by atoms with van der Waals surface area (Å²) >= 11 is 1.76. The fourth-order valence-electron chi connectivity index (χ4n) is 2.39. The highest BCUT2D eigenvalue weighted by molar-refractivity contribution is 7.17. The number of fused-ring (bicyclic) bond motifs is 1. The monoisotopic (exact) mass is 266 g/mol. The van der Waals surface area contributed by atoms with Crippen LogP contribution < -0.4 is 0 Å². The van der Waals surface area contributed by atoms with Gasteiger partial charge in [0.1, 0.15) is 0 Å². The predicted molar refractivity (Wildman–Crippen MR) is 81.1 cm³/mol. The van der Waals surface area contributed by atoms with Crippen molar-refractivity contribution in [3.63, 3.8) is 0 Å². The van der Waals surface area contributed by atoms with Gasteiger partial charge in [-0.1, -0.05) is 42.5 Å². The Morgan fingerprint density at radius 2 is 1.74 bits per heavy atom. The molecule has 2 heteroatoms. The van der Waals surface area contributed by atoms with E-state index in [2.05, 4.69) is 29.6 Å². The van der Waals surface area contributed by atoms with Gasteiger partial charge < -0.3 is 0 Å². The van der Waals surface area contributed by atoms with Gasteiger partial charge in [0, 0.05) is 10.3 Å². The standard InChI is InChI=1S/C17H14OS/c1-12(18)15-7-3-2-6-13(15)10-14-11-19-17-9-5-4-8-16(14)17/h2-9,11H,10H2,1H3. The van der Waals surface area contributed by atoms with E-state index in [-0.39, 0.29) is 5.78 Å². The Balaban J connectivity index is 2.04. The maximum Gasteiger partial charge on any atom is 0.160 e. The summed E-state index contributed by atoms with van der Waals surface area (Å²) in [5.74, 6) is 0.134. The summed E-state index contributed by atoms with van der Waals surface area (Å²) in [6, 6.07) is 16.3. The molecule has 1 aromatic heterocycles. The molecule has 0 aliphatic rings. The first kappa shape index (κ1) is 12.1. The lowest BCUT2D eigenvalue weighted by Crippen LogP contribution is -1.99. The highest BCUT2D eigenvalue weighted by atomic mass is 32.1. The third kappa shape index (κ3) is 2.32. The van der Waals surface area contributed by atoms with Crippen molar-refractivity contribution >= 4 is 27.2 Å². The number of hydrogen-bond donors (Lipinski definition) is 0. The topological polar surface area (TPSA) is 17.1 Å². The van der Waals surface area contributed by atoms with Crippen molar-refractivity contribution in [2.24, 2.45) is 0 Å². The first-order valence-corrected chi connectivity index (χ1v) is 7.17. The second-order valence-electron chi connectivity index (χ2n) is 4.65. The number of Topliss-reactive ketones (excluding diaryl/α,β-unsaturated/α-hetero) is 1. The Labute approximate surface area is 116 Å². The largest absolute Gasteiger partial charge is 0.295 e. The van der Waals surface area contributed by atoms with E-state index in [0.717, 1.165) is 17.5 Å². The average Bonchev–Trinajstić information content (AvgIpc) is 2.83. The lowest BCUT2D eigenvalue weighted by Gasteiger charge is -2.06.